The Balaban J connectivity index is 1.83. The molecule has 0 aromatic heterocycles. The second-order valence-corrected chi connectivity index (χ2v) is 8.07. The molecule has 2 fully saturated rings. The van der Waals surface area contributed by atoms with E-state index in [1.165, 1.54) is 36.8 Å². The van der Waals surface area contributed by atoms with E-state index < -0.39 is 0 Å². The Morgan fingerprint density at radius 1 is 1.10 bits per heavy atom. The molecule has 1 N–H and O–H groups in total. The highest BCUT2D eigenvalue weighted by Gasteiger charge is 2.39. The van der Waals surface area contributed by atoms with E-state index in [0.717, 1.165) is 18.8 Å². The normalized spacial score (nSPS) is 31.0. The van der Waals surface area contributed by atoms with Gasteiger partial charge in [-0.3, -0.25) is 0 Å². The average Bonchev–Trinajstić information content (AvgIpc) is 2.36. The molecule has 3 rings (SSSR count). The molecule has 3 atom stereocenters. The zero-order chi connectivity index (χ0) is 15.0. The van der Waals surface area contributed by atoms with Gasteiger partial charge in [0.05, 0.1) is 6.10 Å². The molecule has 0 amide bonds. The lowest BCUT2D eigenvalue weighted by Crippen LogP contribution is -2.41. The van der Waals surface area contributed by atoms with Crippen molar-refractivity contribution in [2.24, 2.45) is 11.8 Å². The Hall–Kier alpha value is -0.820. The second-order valence-electron chi connectivity index (χ2n) is 8.07. The molecule has 2 saturated carbocycles. The van der Waals surface area contributed by atoms with Gasteiger partial charge in [0.1, 0.15) is 0 Å². The van der Waals surface area contributed by atoms with Crippen LogP contribution in [0, 0.1) is 11.8 Å². The first kappa shape index (κ1) is 15.1. The van der Waals surface area contributed by atoms with Crippen molar-refractivity contribution in [3.63, 3.8) is 0 Å². The minimum Gasteiger partial charge on any atom is -0.393 e. The Morgan fingerprint density at radius 3 is 2.48 bits per heavy atom. The zero-order valence-electron chi connectivity index (χ0n) is 13.8. The molecule has 0 saturated heterocycles. The van der Waals surface area contributed by atoms with Gasteiger partial charge in [-0.25, -0.2) is 0 Å². The van der Waals surface area contributed by atoms with Crippen LogP contribution in [0.2, 0.25) is 0 Å². The lowest BCUT2D eigenvalue weighted by molar-refractivity contribution is 0.0143. The maximum atomic E-state index is 10.6. The van der Waals surface area contributed by atoms with Crippen LogP contribution in [0.3, 0.4) is 0 Å². The largest absolute Gasteiger partial charge is 0.393 e. The van der Waals surface area contributed by atoms with Gasteiger partial charge >= 0.3 is 0 Å². The summed E-state index contributed by atoms with van der Waals surface area (Å²) in [5, 5.41) is 10.6. The van der Waals surface area contributed by atoms with Gasteiger partial charge in [0.25, 0.3) is 0 Å². The summed E-state index contributed by atoms with van der Waals surface area (Å²) in [5.41, 5.74) is 3.01. The molecule has 0 radical (unpaired) electrons. The maximum absolute atomic E-state index is 10.6. The standard InChI is InChI=1S/C20H30O/c1-14-10-11-18(19(21)12-14)20(2,3)17-9-5-8-16(13-17)15-6-4-7-15/h5,8-9,13-15,18-19,21H,4,6-7,10-12H2,1-3H3. The fourth-order valence-corrected chi connectivity index (χ4v) is 4.34. The van der Waals surface area contributed by atoms with Crippen molar-refractivity contribution in [3.05, 3.63) is 35.4 Å². The van der Waals surface area contributed by atoms with Crippen molar-refractivity contribution < 1.29 is 5.11 Å². The highest BCUT2D eigenvalue weighted by Crippen LogP contribution is 2.44. The molecule has 0 aliphatic heterocycles. The molecule has 2 aliphatic rings. The summed E-state index contributed by atoms with van der Waals surface area (Å²) >= 11 is 0. The summed E-state index contributed by atoms with van der Waals surface area (Å²) in [6, 6.07) is 9.22. The van der Waals surface area contributed by atoms with Gasteiger partial charge in [0.2, 0.25) is 0 Å². The fraction of sp³-hybridized carbons (Fsp3) is 0.700. The van der Waals surface area contributed by atoms with Gasteiger partial charge in [0, 0.05) is 0 Å². The van der Waals surface area contributed by atoms with E-state index in [4.69, 9.17) is 0 Å². The van der Waals surface area contributed by atoms with Crippen molar-refractivity contribution in [3.8, 4) is 0 Å². The number of aliphatic hydroxyl groups excluding tert-OH is 1. The van der Waals surface area contributed by atoms with Crippen molar-refractivity contribution in [2.75, 3.05) is 0 Å². The van der Waals surface area contributed by atoms with Crippen molar-refractivity contribution in [1.29, 1.82) is 0 Å². The second kappa shape index (κ2) is 5.76. The van der Waals surface area contributed by atoms with Crippen LogP contribution in [0.4, 0.5) is 0 Å². The van der Waals surface area contributed by atoms with Gasteiger partial charge in [-0.1, -0.05) is 57.9 Å². The first-order valence-corrected chi connectivity index (χ1v) is 8.77. The minimum atomic E-state index is -0.142. The molecule has 0 bridgehead atoms. The van der Waals surface area contributed by atoms with Crippen LogP contribution >= 0.6 is 0 Å². The minimum absolute atomic E-state index is 0.0688. The Bertz CT molecular complexity index is 486. The molecule has 1 heteroatoms. The van der Waals surface area contributed by atoms with Crippen LogP contribution in [0.5, 0.6) is 0 Å². The molecule has 0 spiro atoms. The summed E-state index contributed by atoms with van der Waals surface area (Å²) in [6.45, 7) is 6.93. The quantitative estimate of drug-likeness (QED) is 0.826. The molecular weight excluding hydrogens is 256 g/mol. The van der Waals surface area contributed by atoms with E-state index in [1.807, 2.05) is 0 Å². The Kier molecular flexibility index (Phi) is 4.14. The third-order valence-corrected chi connectivity index (χ3v) is 6.21. The van der Waals surface area contributed by atoms with Gasteiger partial charge in [0.15, 0.2) is 0 Å². The zero-order valence-corrected chi connectivity index (χ0v) is 13.8. The topological polar surface area (TPSA) is 20.2 Å². The summed E-state index contributed by atoms with van der Waals surface area (Å²) < 4.78 is 0. The Morgan fingerprint density at radius 2 is 1.86 bits per heavy atom. The van der Waals surface area contributed by atoms with Crippen LogP contribution in [-0.4, -0.2) is 11.2 Å². The molecule has 1 aromatic carbocycles. The van der Waals surface area contributed by atoms with Gasteiger partial charge in [-0.15, -0.1) is 0 Å². The highest BCUT2D eigenvalue weighted by molar-refractivity contribution is 5.33. The van der Waals surface area contributed by atoms with E-state index in [9.17, 15) is 5.11 Å². The molecule has 21 heavy (non-hydrogen) atoms. The van der Waals surface area contributed by atoms with Crippen LogP contribution in [0.15, 0.2) is 24.3 Å². The van der Waals surface area contributed by atoms with Crippen molar-refractivity contribution >= 4 is 0 Å². The van der Waals surface area contributed by atoms with Crippen LogP contribution in [-0.2, 0) is 5.41 Å². The molecular formula is C20H30O. The smallest absolute Gasteiger partial charge is 0.0579 e. The van der Waals surface area contributed by atoms with E-state index in [2.05, 4.69) is 45.0 Å². The number of benzene rings is 1. The molecule has 1 aromatic rings. The predicted octanol–water partition coefficient (Wildman–Crippen LogP) is 5.03. The first-order valence-electron chi connectivity index (χ1n) is 8.77. The van der Waals surface area contributed by atoms with Crippen LogP contribution in [0.1, 0.15) is 76.3 Å². The molecule has 1 nitrogen and oxygen atoms in total. The molecule has 3 unspecified atom stereocenters. The number of hydrogen-bond donors (Lipinski definition) is 1. The van der Waals surface area contributed by atoms with Crippen LogP contribution in [0.25, 0.3) is 0 Å². The van der Waals surface area contributed by atoms with Gasteiger partial charge in [-0.05, 0) is 60.0 Å². The first-order chi connectivity index (χ1) is 9.98. The van der Waals surface area contributed by atoms with Gasteiger partial charge in [-0.2, -0.15) is 0 Å². The van der Waals surface area contributed by atoms with Crippen LogP contribution < -0.4 is 0 Å². The fourth-order valence-electron chi connectivity index (χ4n) is 4.34. The third-order valence-electron chi connectivity index (χ3n) is 6.21. The number of rotatable bonds is 3. The number of aliphatic hydroxyl groups is 1. The molecule has 116 valence electrons. The third kappa shape index (κ3) is 2.90. The summed E-state index contributed by atoms with van der Waals surface area (Å²) in [4.78, 5) is 0. The lowest BCUT2D eigenvalue weighted by Gasteiger charge is -2.42. The number of hydrogen-bond acceptors (Lipinski definition) is 1. The summed E-state index contributed by atoms with van der Waals surface area (Å²) in [7, 11) is 0. The summed E-state index contributed by atoms with van der Waals surface area (Å²) in [6.07, 6.45) is 7.33. The van der Waals surface area contributed by atoms with Crippen molar-refractivity contribution in [1.82, 2.24) is 0 Å². The van der Waals surface area contributed by atoms with Gasteiger partial charge < -0.3 is 5.11 Å². The van der Waals surface area contributed by atoms with Crippen molar-refractivity contribution in [2.45, 2.75) is 76.7 Å². The molecule has 0 heterocycles. The monoisotopic (exact) mass is 286 g/mol. The highest BCUT2D eigenvalue weighted by atomic mass is 16.3. The molecule has 2 aliphatic carbocycles. The Labute approximate surface area is 129 Å². The van der Waals surface area contributed by atoms with E-state index in [1.54, 1.807) is 0 Å². The summed E-state index contributed by atoms with van der Waals surface area (Å²) in [5.74, 6) is 1.86. The lowest BCUT2D eigenvalue weighted by atomic mass is 9.64. The SMILES string of the molecule is CC1CCC(C(C)(C)c2cccc(C3CCC3)c2)C(O)C1. The van der Waals surface area contributed by atoms with E-state index in [0.29, 0.717) is 11.8 Å². The maximum Gasteiger partial charge on any atom is 0.0579 e. The van der Waals surface area contributed by atoms with E-state index >= 15 is 0 Å². The average molecular weight is 286 g/mol. The van der Waals surface area contributed by atoms with E-state index in [-0.39, 0.29) is 11.5 Å². The predicted molar refractivity (Wildman–Crippen MR) is 88.6 cm³/mol.